The minimum absolute atomic E-state index is 0.346. The van der Waals surface area contributed by atoms with Gasteiger partial charge in [0.1, 0.15) is 0 Å². The van der Waals surface area contributed by atoms with Crippen LogP contribution in [0.1, 0.15) is 24.4 Å². The molecule has 1 unspecified atom stereocenters. The second-order valence-corrected chi connectivity index (χ2v) is 4.99. The number of nitrogens with zero attached hydrogens (tertiary/aromatic N) is 1. The van der Waals surface area contributed by atoms with Crippen molar-refractivity contribution < 1.29 is 5.02 Å². The first-order valence-corrected chi connectivity index (χ1v) is 6.17. The van der Waals surface area contributed by atoms with E-state index in [9.17, 15) is 5.02 Å². The molecule has 0 spiro atoms. The Morgan fingerprint density at radius 3 is 2.67 bits per heavy atom. The molecule has 0 saturated carbocycles. The normalized spacial score (nSPS) is 21.9. The molecule has 1 saturated heterocycles. The third-order valence-corrected chi connectivity index (χ3v) is 3.56. The molecule has 1 aromatic rings. The summed E-state index contributed by atoms with van der Waals surface area (Å²) in [5.74, 6) is 0. The molecule has 80 valence electrons. The fraction of sp³-hybridized carbons (Fsp3) is 0.455. The van der Waals surface area contributed by atoms with E-state index in [1.165, 1.54) is 12.0 Å². The van der Waals surface area contributed by atoms with Gasteiger partial charge in [0.05, 0.1) is 0 Å². The highest BCUT2D eigenvalue weighted by molar-refractivity contribution is 9.10. The Morgan fingerprint density at radius 1 is 1.40 bits per heavy atom. The van der Waals surface area contributed by atoms with Gasteiger partial charge in [-0.05, 0) is 43.9 Å². The zero-order valence-corrected chi connectivity index (χ0v) is 10.4. The van der Waals surface area contributed by atoms with Crippen LogP contribution in [0.4, 0.5) is 0 Å². The molecular weight excluding hydrogens is 253 g/mol. The predicted octanol–water partition coefficient (Wildman–Crippen LogP) is 2.70. The summed E-state index contributed by atoms with van der Waals surface area (Å²) < 4.78 is 1.10. The monoisotopic (exact) mass is 267 g/mol. The van der Waals surface area contributed by atoms with Gasteiger partial charge >= 0.3 is 7.05 Å². The third-order valence-electron chi connectivity index (χ3n) is 3.03. The standard InChI is InChI=1S/C11H15BBrNO/c1-12(15)14-8-2-3-11(14)9-4-6-10(13)7-5-9/h4-7,11,15H,2-3,8H2,1H3. The van der Waals surface area contributed by atoms with Crippen LogP contribution in [-0.2, 0) is 0 Å². The maximum absolute atomic E-state index is 9.66. The number of hydrogen-bond acceptors (Lipinski definition) is 2. The minimum atomic E-state index is -0.346. The lowest BCUT2D eigenvalue weighted by molar-refractivity contribution is 0.351. The van der Waals surface area contributed by atoms with Crippen LogP contribution >= 0.6 is 15.9 Å². The maximum atomic E-state index is 9.66. The summed E-state index contributed by atoms with van der Waals surface area (Å²) >= 11 is 3.44. The largest absolute Gasteiger partial charge is 0.437 e. The average Bonchev–Trinajstić information content (AvgIpc) is 2.67. The van der Waals surface area contributed by atoms with Crippen LogP contribution in [0.5, 0.6) is 0 Å². The van der Waals surface area contributed by atoms with Gasteiger partial charge in [0, 0.05) is 10.5 Å². The van der Waals surface area contributed by atoms with Crippen molar-refractivity contribution in [3.8, 4) is 0 Å². The van der Waals surface area contributed by atoms with Crippen LogP contribution in [-0.4, -0.2) is 23.4 Å². The number of hydrogen-bond donors (Lipinski definition) is 1. The molecule has 2 nitrogen and oxygen atoms in total. The minimum Gasteiger partial charge on any atom is -0.437 e. The summed E-state index contributed by atoms with van der Waals surface area (Å²) in [5, 5.41) is 9.66. The smallest absolute Gasteiger partial charge is 0.376 e. The Labute approximate surface area is 99.6 Å². The Kier molecular flexibility index (Phi) is 3.49. The van der Waals surface area contributed by atoms with Crippen LogP contribution in [0.3, 0.4) is 0 Å². The molecule has 0 aromatic heterocycles. The van der Waals surface area contributed by atoms with Crippen molar-refractivity contribution in [1.29, 1.82) is 0 Å². The molecule has 2 rings (SSSR count). The molecule has 1 fully saturated rings. The highest BCUT2D eigenvalue weighted by Crippen LogP contribution is 2.32. The van der Waals surface area contributed by atoms with Gasteiger partial charge in [-0.25, -0.2) is 0 Å². The van der Waals surface area contributed by atoms with Crippen molar-refractivity contribution in [2.45, 2.75) is 25.7 Å². The second-order valence-electron chi connectivity index (χ2n) is 4.08. The molecule has 1 atom stereocenters. The van der Waals surface area contributed by atoms with Gasteiger partial charge in [-0.3, -0.25) is 0 Å². The molecule has 15 heavy (non-hydrogen) atoms. The van der Waals surface area contributed by atoms with Crippen molar-refractivity contribution in [3.05, 3.63) is 34.3 Å². The van der Waals surface area contributed by atoms with Crippen LogP contribution in [0.25, 0.3) is 0 Å². The molecule has 0 aliphatic carbocycles. The van der Waals surface area contributed by atoms with Crippen molar-refractivity contribution in [2.24, 2.45) is 0 Å². The van der Waals surface area contributed by atoms with E-state index in [0.717, 1.165) is 17.4 Å². The van der Waals surface area contributed by atoms with Gasteiger partial charge in [0.15, 0.2) is 0 Å². The predicted molar refractivity (Wildman–Crippen MR) is 66.7 cm³/mol. The van der Waals surface area contributed by atoms with E-state index >= 15 is 0 Å². The number of halogens is 1. The molecule has 1 aromatic carbocycles. The van der Waals surface area contributed by atoms with Crippen molar-refractivity contribution in [3.63, 3.8) is 0 Å². The molecular formula is C11H15BBrNO. The molecule has 1 N–H and O–H groups in total. The SMILES string of the molecule is CB(O)N1CCCC1c1ccc(Br)cc1. The third kappa shape index (κ3) is 2.44. The summed E-state index contributed by atoms with van der Waals surface area (Å²) in [6.45, 7) is 2.84. The summed E-state index contributed by atoms with van der Waals surface area (Å²) in [7, 11) is -0.346. The molecule has 1 heterocycles. The van der Waals surface area contributed by atoms with Crippen molar-refractivity contribution >= 4 is 23.0 Å². The first kappa shape index (κ1) is 11.2. The Hall–Kier alpha value is -0.315. The van der Waals surface area contributed by atoms with E-state index in [2.05, 4.69) is 45.0 Å². The van der Waals surface area contributed by atoms with E-state index in [-0.39, 0.29) is 7.05 Å². The second kappa shape index (κ2) is 4.68. The lowest BCUT2D eigenvalue weighted by Crippen LogP contribution is -2.36. The van der Waals surface area contributed by atoms with E-state index < -0.39 is 0 Å². The summed E-state index contributed by atoms with van der Waals surface area (Å²) in [5.41, 5.74) is 1.30. The first-order valence-electron chi connectivity index (χ1n) is 5.38. The van der Waals surface area contributed by atoms with E-state index in [1.807, 2.05) is 6.82 Å². The van der Waals surface area contributed by atoms with Gasteiger partial charge in [-0.1, -0.05) is 28.1 Å². The van der Waals surface area contributed by atoms with E-state index in [0.29, 0.717) is 6.04 Å². The molecule has 1 aliphatic heterocycles. The molecule has 4 heteroatoms. The van der Waals surface area contributed by atoms with Gasteiger partial charge in [0.2, 0.25) is 0 Å². The number of rotatable bonds is 2. The van der Waals surface area contributed by atoms with Crippen molar-refractivity contribution in [1.82, 2.24) is 4.81 Å². The Balaban J connectivity index is 2.19. The lowest BCUT2D eigenvalue weighted by Gasteiger charge is -2.25. The summed E-state index contributed by atoms with van der Waals surface area (Å²) in [6.07, 6.45) is 2.32. The van der Waals surface area contributed by atoms with Crippen molar-refractivity contribution in [2.75, 3.05) is 6.54 Å². The van der Waals surface area contributed by atoms with Gasteiger partial charge < -0.3 is 9.83 Å². The Bertz CT molecular complexity index is 328. The summed E-state index contributed by atoms with van der Waals surface area (Å²) in [6, 6.07) is 8.78. The zero-order valence-electron chi connectivity index (χ0n) is 8.86. The molecule has 0 radical (unpaired) electrons. The van der Waals surface area contributed by atoms with E-state index in [4.69, 9.17) is 0 Å². The van der Waals surface area contributed by atoms with Gasteiger partial charge in [-0.15, -0.1) is 0 Å². The molecule has 1 aliphatic rings. The summed E-state index contributed by atoms with van der Waals surface area (Å²) in [4.78, 5) is 2.16. The molecule has 0 amide bonds. The van der Waals surface area contributed by atoms with Crippen LogP contribution in [0.2, 0.25) is 6.82 Å². The van der Waals surface area contributed by atoms with Crippen LogP contribution in [0, 0.1) is 0 Å². The van der Waals surface area contributed by atoms with Gasteiger partial charge in [0.25, 0.3) is 0 Å². The topological polar surface area (TPSA) is 23.5 Å². The lowest BCUT2D eigenvalue weighted by atomic mass is 9.83. The maximum Gasteiger partial charge on any atom is 0.376 e. The van der Waals surface area contributed by atoms with E-state index in [1.54, 1.807) is 0 Å². The van der Waals surface area contributed by atoms with Crippen LogP contribution < -0.4 is 0 Å². The van der Waals surface area contributed by atoms with Crippen LogP contribution in [0.15, 0.2) is 28.7 Å². The zero-order chi connectivity index (χ0) is 10.8. The number of benzene rings is 1. The average molecular weight is 268 g/mol. The van der Waals surface area contributed by atoms with Gasteiger partial charge in [-0.2, -0.15) is 0 Å². The molecule has 0 bridgehead atoms. The first-order chi connectivity index (χ1) is 7.18. The highest BCUT2D eigenvalue weighted by atomic mass is 79.9. The quantitative estimate of drug-likeness (QED) is 0.833. The Morgan fingerprint density at radius 2 is 2.07 bits per heavy atom. The fourth-order valence-electron chi connectivity index (χ4n) is 2.28. The highest BCUT2D eigenvalue weighted by Gasteiger charge is 2.30. The fourth-order valence-corrected chi connectivity index (χ4v) is 2.54.